The largest absolute Gasteiger partial charge is 0.496 e. The minimum Gasteiger partial charge on any atom is -0.496 e. The van der Waals surface area contributed by atoms with Crippen LogP contribution in [0.1, 0.15) is 25.8 Å². The van der Waals surface area contributed by atoms with Crippen LogP contribution in [0.25, 0.3) is 5.76 Å². The first kappa shape index (κ1) is 19.1. The second-order valence-corrected chi connectivity index (χ2v) is 5.81. The highest BCUT2D eigenvalue weighted by molar-refractivity contribution is 6.34. The number of esters is 1. The number of carbonyl (C=O) groups excluding carboxylic acids is 1. The maximum absolute atomic E-state index is 12.3. The minimum atomic E-state index is -0.564. The van der Waals surface area contributed by atoms with E-state index in [4.69, 9.17) is 18.9 Å². The Kier molecular flexibility index (Phi) is 7.68. The van der Waals surface area contributed by atoms with E-state index in [2.05, 4.69) is 24.1 Å². The zero-order valence-corrected chi connectivity index (χ0v) is 15.3. The third-order valence-corrected chi connectivity index (χ3v) is 3.59. The Labute approximate surface area is 141 Å². The Morgan fingerprint density at radius 1 is 1.17 bits per heavy atom. The second kappa shape index (κ2) is 9.25. The molecule has 0 fully saturated rings. The van der Waals surface area contributed by atoms with Crippen molar-refractivity contribution in [1.82, 2.24) is 0 Å². The van der Waals surface area contributed by atoms with Gasteiger partial charge in [0.05, 0.1) is 43.7 Å². The van der Waals surface area contributed by atoms with Crippen LogP contribution in [0.4, 0.5) is 0 Å². The van der Waals surface area contributed by atoms with E-state index < -0.39 is 5.97 Å². The van der Waals surface area contributed by atoms with E-state index in [9.17, 15) is 4.79 Å². The first-order valence-electron chi connectivity index (χ1n) is 7.34. The normalized spacial score (nSPS) is 11.8. The molecule has 0 aliphatic carbocycles. The Hall–Kier alpha value is -1.95. The molecule has 6 heteroatoms. The zero-order valence-electron chi connectivity index (χ0n) is 14.3. The van der Waals surface area contributed by atoms with Crippen molar-refractivity contribution in [2.45, 2.75) is 20.3 Å². The highest BCUT2D eigenvalue weighted by Gasteiger charge is 2.23. The summed E-state index contributed by atoms with van der Waals surface area (Å²) >= 11 is 0. The van der Waals surface area contributed by atoms with Gasteiger partial charge in [-0.05, 0) is 23.6 Å². The van der Waals surface area contributed by atoms with E-state index in [1.165, 1.54) is 14.2 Å². The van der Waals surface area contributed by atoms with Gasteiger partial charge >= 0.3 is 5.97 Å². The van der Waals surface area contributed by atoms with E-state index in [0.717, 1.165) is 11.6 Å². The molecule has 3 radical (unpaired) electrons. The molecule has 0 aromatic heterocycles. The molecule has 0 saturated carbocycles. The molecule has 0 heterocycles. The number of methoxy groups -OCH3 is 3. The summed E-state index contributed by atoms with van der Waals surface area (Å²) in [6.07, 6.45) is 0.783. The number of rotatable bonds is 8. The van der Waals surface area contributed by atoms with Crippen LogP contribution in [0.5, 0.6) is 5.75 Å². The van der Waals surface area contributed by atoms with E-state index in [1.807, 2.05) is 12.1 Å². The molecule has 0 saturated heterocycles. The quantitative estimate of drug-likeness (QED) is 0.315. The first-order valence-corrected chi connectivity index (χ1v) is 7.84. The molecule has 0 bridgehead atoms. The average molecular weight is 335 g/mol. The Balaban J connectivity index is 3.18. The van der Waals surface area contributed by atoms with E-state index in [1.54, 1.807) is 13.2 Å². The number of hydrogen-bond donors (Lipinski definition) is 0. The minimum absolute atomic E-state index is 0.00632. The molecule has 0 unspecified atom stereocenters. The zero-order chi connectivity index (χ0) is 17.4. The molecule has 125 valence electrons. The topological polar surface area (TPSA) is 54.0 Å². The van der Waals surface area contributed by atoms with Crippen molar-refractivity contribution in [2.24, 2.45) is 5.92 Å². The standard InChI is InChI=1S/C17H23O5Si/c1-11(2)9-10-22-17(18)16(21-5)15(20-4)12-7-6-8-13(23)14(12)19-3/h6-8,11H,9-10H2,1-5H3. The fourth-order valence-electron chi connectivity index (χ4n) is 1.98. The van der Waals surface area contributed by atoms with Gasteiger partial charge in [0.1, 0.15) is 5.75 Å². The van der Waals surface area contributed by atoms with Gasteiger partial charge in [-0.1, -0.05) is 26.0 Å². The van der Waals surface area contributed by atoms with Crippen LogP contribution in [-0.2, 0) is 19.0 Å². The van der Waals surface area contributed by atoms with Crippen molar-refractivity contribution in [3.8, 4) is 5.75 Å². The smallest absolute Gasteiger partial charge is 0.377 e. The lowest BCUT2D eigenvalue weighted by molar-refractivity contribution is -0.142. The number of ether oxygens (including phenoxy) is 4. The predicted octanol–water partition coefficient (Wildman–Crippen LogP) is 2.04. The molecular weight excluding hydrogens is 312 g/mol. The van der Waals surface area contributed by atoms with Crippen molar-refractivity contribution in [3.05, 3.63) is 29.5 Å². The van der Waals surface area contributed by atoms with Gasteiger partial charge in [-0.3, -0.25) is 0 Å². The lowest BCUT2D eigenvalue weighted by Gasteiger charge is -2.16. The van der Waals surface area contributed by atoms with Gasteiger partial charge in [0.25, 0.3) is 0 Å². The third-order valence-electron chi connectivity index (χ3n) is 3.19. The fourth-order valence-corrected chi connectivity index (χ4v) is 2.32. The number of hydrogen-bond acceptors (Lipinski definition) is 5. The summed E-state index contributed by atoms with van der Waals surface area (Å²) in [5, 5.41) is 0.739. The summed E-state index contributed by atoms with van der Waals surface area (Å²) in [6, 6.07) is 5.43. The molecule has 0 amide bonds. The third kappa shape index (κ3) is 5.02. The molecule has 23 heavy (non-hydrogen) atoms. The van der Waals surface area contributed by atoms with Crippen LogP contribution in [0.3, 0.4) is 0 Å². The lowest BCUT2D eigenvalue weighted by atomic mass is 10.1. The van der Waals surface area contributed by atoms with Crippen LogP contribution in [-0.4, -0.2) is 44.1 Å². The van der Waals surface area contributed by atoms with Crippen LogP contribution >= 0.6 is 0 Å². The maximum Gasteiger partial charge on any atom is 0.377 e. The lowest BCUT2D eigenvalue weighted by Crippen LogP contribution is -2.16. The SMILES string of the molecule is COC(C(=O)OCCC(C)C)=C(OC)c1cccc([Si])c1OC. The van der Waals surface area contributed by atoms with Gasteiger partial charge < -0.3 is 18.9 Å². The van der Waals surface area contributed by atoms with Crippen molar-refractivity contribution in [3.63, 3.8) is 0 Å². The van der Waals surface area contributed by atoms with Crippen molar-refractivity contribution < 1.29 is 23.7 Å². The molecule has 1 aromatic carbocycles. The molecule has 0 atom stereocenters. The number of benzene rings is 1. The molecule has 0 spiro atoms. The molecule has 0 N–H and O–H groups in total. The summed E-state index contributed by atoms with van der Waals surface area (Å²) in [5.41, 5.74) is 0.597. The van der Waals surface area contributed by atoms with E-state index >= 15 is 0 Å². The Morgan fingerprint density at radius 3 is 2.39 bits per heavy atom. The Bertz CT molecular complexity index is 566. The summed E-state index contributed by atoms with van der Waals surface area (Å²) in [5.74, 6) is 0.701. The van der Waals surface area contributed by atoms with Gasteiger partial charge in [0.2, 0.25) is 5.76 Å². The molecular formula is C17H23O5Si. The van der Waals surface area contributed by atoms with Gasteiger partial charge in [0, 0.05) is 0 Å². The molecule has 1 aromatic rings. The van der Waals surface area contributed by atoms with Crippen molar-refractivity contribution >= 4 is 27.2 Å². The van der Waals surface area contributed by atoms with Crippen LogP contribution in [0.15, 0.2) is 24.0 Å². The average Bonchev–Trinajstić information content (AvgIpc) is 2.51. The van der Waals surface area contributed by atoms with E-state index in [-0.39, 0.29) is 11.5 Å². The maximum atomic E-state index is 12.3. The number of carbonyl (C=O) groups is 1. The molecule has 0 aliphatic rings. The number of para-hydroxylation sites is 1. The summed E-state index contributed by atoms with van der Waals surface area (Å²) in [4.78, 5) is 12.3. The summed E-state index contributed by atoms with van der Waals surface area (Å²) in [6.45, 7) is 4.46. The highest BCUT2D eigenvalue weighted by Crippen LogP contribution is 2.28. The van der Waals surface area contributed by atoms with Gasteiger partial charge in [0.15, 0.2) is 5.76 Å². The monoisotopic (exact) mass is 335 g/mol. The Morgan fingerprint density at radius 2 is 1.87 bits per heavy atom. The van der Waals surface area contributed by atoms with Crippen molar-refractivity contribution in [2.75, 3.05) is 27.9 Å². The summed E-state index contributed by atoms with van der Waals surface area (Å²) in [7, 11) is 7.88. The second-order valence-electron chi connectivity index (χ2n) is 5.27. The van der Waals surface area contributed by atoms with Crippen LogP contribution in [0, 0.1) is 5.92 Å². The highest BCUT2D eigenvalue weighted by atomic mass is 28.1. The molecule has 1 rings (SSSR count). The fraction of sp³-hybridized carbons (Fsp3) is 0.471. The molecule has 0 aliphatic heterocycles. The van der Waals surface area contributed by atoms with Gasteiger partial charge in [-0.2, -0.15) is 0 Å². The summed E-state index contributed by atoms with van der Waals surface area (Å²) < 4.78 is 21.2. The van der Waals surface area contributed by atoms with Gasteiger partial charge in [-0.15, -0.1) is 0 Å². The first-order chi connectivity index (χ1) is 11.0. The van der Waals surface area contributed by atoms with Crippen LogP contribution in [0.2, 0.25) is 0 Å². The van der Waals surface area contributed by atoms with Gasteiger partial charge in [-0.25, -0.2) is 4.79 Å². The van der Waals surface area contributed by atoms with E-state index in [0.29, 0.717) is 23.8 Å². The van der Waals surface area contributed by atoms with Crippen LogP contribution < -0.4 is 9.92 Å². The predicted molar refractivity (Wildman–Crippen MR) is 89.7 cm³/mol. The van der Waals surface area contributed by atoms with Crippen molar-refractivity contribution in [1.29, 1.82) is 0 Å². The molecule has 5 nitrogen and oxygen atoms in total.